The molecule has 0 aliphatic carbocycles. The van der Waals surface area contributed by atoms with Crippen LogP contribution in [0.15, 0.2) is 42.6 Å². The van der Waals surface area contributed by atoms with Crippen LogP contribution in [0, 0.1) is 9.39 Å². The number of hydrogen-bond donors (Lipinski definition) is 0. The second-order valence-corrected chi connectivity index (χ2v) is 4.41. The summed E-state index contributed by atoms with van der Waals surface area (Å²) in [5, 5.41) is 0. The summed E-state index contributed by atoms with van der Waals surface area (Å²) in [7, 11) is 0. The van der Waals surface area contributed by atoms with Crippen LogP contribution >= 0.6 is 22.6 Å². The van der Waals surface area contributed by atoms with Crippen LogP contribution in [-0.4, -0.2) is 10.8 Å². The van der Waals surface area contributed by atoms with Gasteiger partial charge in [-0.1, -0.05) is 6.07 Å². The van der Waals surface area contributed by atoms with Gasteiger partial charge in [0.25, 0.3) is 0 Å². The molecule has 1 aromatic carbocycles. The summed E-state index contributed by atoms with van der Waals surface area (Å²) in [5.74, 6) is -0.910. The summed E-state index contributed by atoms with van der Waals surface area (Å²) in [4.78, 5) is 15.8. The molecule has 80 valence electrons. The number of carbonyl (C=O) groups is 1. The molecule has 2 aromatic rings. The highest BCUT2D eigenvalue weighted by atomic mass is 127. The third kappa shape index (κ3) is 2.27. The van der Waals surface area contributed by atoms with E-state index in [1.807, 2.05) is 22.6 Å². The van der Waals surface area contributed by atoms with Crippen molar-refractivity contribution >= 4 is 28.4 Å². The average molecular weight is 327 g/mol. The SMILES string of the molecule is O=C(c1ccccn1)c1cc(I)ccc1F. The molecule has 0 aliphatic rings. The van der Waals surface area contributed by atoms with E-state index in [4.69, 9.17) is 0 Å². The molecule has 0 saturated heterocycles. The van der Waals surface area contributed by atoms with E-state index in [-0.39, 0.29) is 11.3 Å². The van der Waals surface area contributed by atoms with E-state index >= 15 is 0 Å². The first-order valence-electron chi connectivity index (χ1n) is 4.59. The number of nitrogens with zero attached hydrogens (tertiary/aromatic N) is 1. The molecular formula is C12H7FINO. The quantitative estimate of drug-likeness (QED) is 0.627. The molecule has 0 radical (unpaired) electrons. The molecule has 0 amide bonds. The zero-order chi connectivity index (χ0) is 11.5. The van der Waals surface area contributed by atoms with Gasteiger partial charge >= 0.3 is 0 Å². The largest absolute Gasteiger partial charge is 0.287 e. The number of rotatable bonds is 2. The fourth-order valence-electron chi connectivity index (χ4n) is 1.31. The molecule has 0 N–H and O–H groups in total. The fourth-order valence-corrected chi connectivity index (χ4v) is 1.80. The molecule has 1 aromatic heterocycles. The van der Waals surface area contributed by atoms with Gasteiger partial charge in [-0.15, -0.1) is 0 Å². The number of ketones is 1. The minimum Gasteiger partial charge on any atom is -0.287 e. The Morgan fingerprint density at radius 1 is 1.25 bits per heavy atom. The Labute approximate surface area is 106 Å². The predicted molar refractivity (Wildman–Crippen MR) is 66.8 cm³/mol. The monoisotopic (exact) mass is 327 g/mol. The highest BCUT2D eigenvalue weighted by Crippen LogP contribution is 2.15. The summed E-state index contributed by atoms with van der Waals surface area (Å²) >= 11 is 2.04. The predicted octanol–water partition coefficient (Wildman–Crippen LogP) is 3.06. The zero-order valence-corrected chi connectivity index (χ0v) is 10.3. The van der Waals surface area contributed by atoms with Gasteiger partial charge in [-0.25, -0.2) is 4.39 Å². The topological polar surface area (TPSA) is 30.0 Å². The molecule has 2 rings (SSSR count). The molecule has 0 bridgehead atoms. The van der Waals surface area contributed by atoms with Crippen molar-refractivity contribution in [2.45, 2.75) is 0 Å². The standard InChI is InChI=1S/C12H7FINO/c13-10-5-4-8(14)7-9(10)12(16)11-3-1-2-6-15-11/h1-7H. The van der Waals surface area contributed by atoms with Gasteiger partial charge in [0, 0.05) is 9.77 Å². The Hall–Kier alpha value is -1.30. The van der Waals surface area contributed by atoms with Crippen molar-refractivity contribution in [3.05, 3.63) is 63.2 Å². The second-order valence-electron chi connectivity index (χ2n) is 3.17. The normalized spacial score (nSPS) is 10.1. The first-order valence-corrected chi connectivity index (χ1v) is 5.67. The van der Waals surface area contributed by atoms with Crippen molar-refractivity contribution in [2.75, 3.05) is 0 Å². The first-order chi connectivity index (χ1) is 7.68. The van der Waals surface area contributed by atoms with Gasteiger partial charge in [-0.05, 0) is 52.9 Å². The summed E-state index contributed by atoms with van der Waals surface area (Å²) < 4.78 is 14.3. The third-order valence-electron chi connectivity index (χ3n) is 2.07. The lowest BCUT2D eigenvalue weighted by atomic mass is 10.1. The maximum atomic E-state index is 13.5. The van der Waals surface area contributed by atoms with Gasteiger partial charge in [0.15, 0.2) is 0 Å². The second kappa shape index (κ2) is 4.69. The Morgan fingerprint density at radius 3 is 2.75 bits per heavy atom. The van der Waals surface area contributed by atoms with Gasteiger partial charge in [-0.3, -0.25) is 9.78 Å². The molecule has 0 unspecified atom stereocenters. The highest BCUT2D eigenvalue weighted by Gasteiger charge is 2.14. The van der Waals surface area contributed by atoms with Crippen LogP contribution < -0.4 is 0 Å². The Morgan fingerprint density at radius 2 is 2.06 bits per heavy atom. The number of pyridine rings is 1. The van der Waals surface area contributed by atoms with Crippen molar-refractivity contribution in [3.8, 4) is 0 Å². The Balaban J connectivity index is 2.46. The molecule has 0 spiro atoms. The van der Waals surface area contributed by atoms with Crippen molar-refractivity contribution < 1.29 is 9.18 Å². The van der Waals surface area contributed by atoms with Gasteiger partial charge < -0.3 is 0 Å². The van der Waals surface area contributed by atoms with Crippen LogP contribution in [-0.2, 0) is 0 Å². The maximum absolute atomic E-state index is 13.5. The summed E-state index contributed by atoms with van der Waals surface area (Å²) in [5.41, 5.74) is 0.314. The van der Waals surface area contributed by atoms with E-state index in [9.17, 15) is 9.18 Å². The maximum Gasteiger partial charge on any atom is 0.214 e. The minimum atomic E-state index is -0.518. The van der Waals surface area contributed by atoms with E-state index in [1.54, 1.807) is 24.3 Å². The highest BCUT2D eigenvalue weighted by molar-refractivity contribution is 14.1. The summed E-state index contributed by atoms with van der Waals surface area (Å²) in [6, 6.07) is 9.41. The molecule has 4 heteroatoms. The number of carbonyl (C=O) groups excluding carboxylic acids is 1. The molecular weight excluding hydrogens is 320 g/mol. The summed E-state index contributed by atoms with van der Waals surface area (Å²) in [6.07, 6.45) is 1.51. The molecule has 16 heavy (non-hydrogen) atoms. The van der Waals surface area contributed by atoms with Gasteiger partial charge in [0.2, 0.25) is 5.78 Å². The Bertz CT molecular complexity index is 528. The molecule has 2 nitrogen and oxygen atoms in total. The molecule has 1 heterocycles. The number of halogens is 2. The van der Waals surface area contributed by atoms with Gasteiger partial charge in [-0.2, -0.15) is 0 Å². The van der Waals surface area contributed by atoms with Gasteiger partial charge in [0.1, 0.15) is 11.5 Å². The van der Waals surface area contributed by atoms with Crippen LogP contribution in [0.4, 0.5) is 4.39 Å². The third-order valence-corrected chi connectivity index (χ3v) is 2.74. The van der Waals surface area contributed by atoms with E-state index in [1.165, 1.54) is 18.3 Å². The minimum absolute atomic E-state index is 0.0607. The first kappa shape index (κ1) is 11.2. The number of benzene rings is 1. The van der Waals surface area contributed by atoms with E-state index < -0.39 is 11.6 Å². The van der Waals surface area contributed by atoms with Crippen molar-refractivity contribution in [1.82, 2.24) is 4.98 Å². The van der Waals surface area contributed by atoms with Crippen molar-refractivity contribution in [3.63, 3.8) is 0 Å². The zero-order valence-electron chi connectivity index (χ0n) is 8.15. The molecule has 0 saturated carbocycles. The fraction of sp³-hybridized carbons (Fsp3) is 0. The van der Waals surface area contributed by atoms with Crippen LogP contribution in [0.5, 0.6) is 0 Å². The number of aromatic nitrogens is 1. The van der Waals surface area contributed by atoms with Crippen LogP contribution in [0.2, 0.25) is 0 Å². The smallest absolute Gasteiger partial charge is 0.214 e. The lowest BCUT2D eigenvalue weighted by Crippen LogP contribution is -2.06. The van der Waals surface area contributed by atoms with E-state index in [0.29, 0.717) is 0 Å². The van der Waals surface area contributed by atoms with Gasteiger partial charge in [0.05, 0.1) is 5.56 Å². The lowest BCUT2D eigenvalue weighted by Gasteiger charge is -2.02. The van der Waals surface area contributed by atoms with Crippen LogP contribution in [0.1, 0.15) is 16.1 Å². The lowest BCUT2D eigenvalue weighted by molar-refractivity contribution is 0.103. The molecule has 0 fully saturated rings. The van der Waals surface area contributed by atoms with E-state index in [0.717, 1.165) is 3.57 Å². The Kier molecular flexibility index (Phi) is 3.28. The number of hydrogen-bond acceptors (Lipinski definition) is 2. The summed E-state index contributed by atoms with van der Waals surface area (Å²) in [6.45, 7) is 0. The van der Waals surface area contributed by atoms with Crippen molar-refractivity contribution in [2.24, 2.45) is 0 Å². The van der Waals surface area contributed by atoms with Crippen LogP contribution in [0.3, 0.4) is 0 Å². The average Bonchev–Trinajstić information content (AvgIpc) is 2.32. The van der Waals surface area contributed by atoms with Crippen LogP contribution in [0.25, 0.3) is 0 Å². The van der Waals surface area contributed by atoms with E-state index in [2.05, 4.69) is 4.98 Å². The molecule has 0 atom stereocenters. The van der Waals surface area contributed by atoms with Crippen molar-refractivity contribution in [1.29, 1.82) is 0 Å². The molecule has 0 aliphatic heterocycles.